The third-order valence-corrected chi connectivity index (χ3v) is 6.03. The first kappa shape index (κ1) is 20.1. The number of fused-ring (bicyclic) bond motifs is 2. The summed E-state index contributed by atoms with van der Waals surface area (Å²) in [6.45, 7) is 2.08. The third kappa shape index (κ3) is 3.67. The zero-order valence-corrected chi connectivity index (χ0v) is 17.8. The van der Waals surface area contributed by atoms with Crippen molar-refractivity contribution >= 4 is 22.6 Å². The first-order valence-electron chi connectivity index (χ1n) is 10.8. The van der Waals surface area contributed by atoms with Crippen molar-refractivity contribution in [2.75, 3.05) is 11.9 Å². The maximum absolute atomic E-state index is 11.8. The highest BCUT2D eigenvalue weighted by atomic mass is 16.2. The standard InChI is InChI=1S/C25H26N6O/c26-14-19-12-18-8-4-5-9-23(18)31(19)24-13-21(28-15-17-6-2-1-3-7-17)20-10-11-30(25(27)32)16-22(20)29-24/h1-9,12-13H,10-11,14-16,26H2,(H2,27,32)(H,28,29). The predicted octanol–water partition coefficient (Wildman–Crippen LogP) is 3.53. The molecule has 4 aromatic rings. The monoisotopic (exact) mass is 426 g/mol. The Hall–Kier alpha value is -3.84. The highest BCUT2D eigenvalue weighted by Gasteiger charge is 2.24. The van der Waals surface area contributed by atoms with E-state index in [1.165, 1.54) is 5.56 Å². The fourth-order valence-electron chi connectivity index (χ4n) is 4.41. The average Bonchev–Trinajstić information content (AvgIpc) is 3.21. The zero-order valence-electron chi connectivity index (χ0n) is 17.8. The van der Waals surface area contributed by atoms with E-state index in [9.17, 15) is 4.79 Å². The molecule has 0 radical (unpaired) electrons. The van der Waals surface area contributed by atoms with Crippen LogP contribution in [0.3, 0.4) is 0 Å². The van der Waals surface area contributed by atoms with Gasteiger partial charge in [-0.05, 0) is 24.1 Å². The number of primary amides is 1. The maximum Gasteiger partial charge on any atom is 0.315 e. The van der Waals surface area contributed by atoms with Crippen LogP contribution in [0.1, 0.15) is 22.5 Å². The van der Waals surface area contributed by atoms with E-state index in [2.05, 4.69) is 46.3 Å². The molecule has 0 spiro atoms. The largest absolute Gasteiger partial charge is 0.381 e. The maximum atomic E-state index is 11.8. The molecule has 0 atom stereocenters. The lowest BCUT2D eigenvalue weighted by Crippen LogP contribution is -2.40. The van der Waals surface area contributed by atoms with E-state index in [1.54, 1.807) is 4.90 Å². The average molecular weight is 427 g/mol. The summed E-state index contributed by atoms with van der Waals surface area (Å²) >= 11 is 0. The summed E-state index contributed by atoms with van der Waals surface area (Å²) in [6.07, 6.45) is 0.707. The minimum atomic E-state index is -0.421. The van der Waals surface area contributed by atoms with Crippen molar-refractivity contribution in [1.29, 1.82) is 0 Å². The number of aromatic nitrogens is 2. The molecule has 0 fully saturated rings. The molecule has 5 N–H and O–H groups in total. The zero-order chi connectivity index (χ0) is 22.1. The van der Waals surface area contributed by atoms with Gasteiger partial charge in [-0.15, -0.1) is 0 Å². The molecule has 32 heavy (non-hydrogen) atoms. The van der Waals surface area contributed by atoms with Crippen molar-refractivity contribution in [2.24, 2.45) is 11.5 Å². The van der Waals surface area contributed by atoms with Crippen molar-refractivity contribution in [3.8, 4) is 5.82 Å². The topological polar surface area (TPSA) is 102 Å². The Morgan fingerprint density at radius 2 is 1.84 bits per heavy atom. The molecule has 0 saturated heterocycles. The Morgan fingerprint density at radius 1 is 1.06 bits per heavy atom. The molecule has 2 aromatic carbocycles. The third-order valence-electron chi connectivity index (χ3n) is 6.03. The van der Waals surface area contributed by atoms with Gasteiger partial charge in [-0.3, -0.25) is 4.57 Å². The highest BCUT2D eigenvalue weighted by molar-refractivity contribution is 5.83. The summed E-state index contributed by atoms with van der Waals surface area (Å²) in [4.78, 5) is 18.4. The number of urea groups is 1. The molecule has 0 saturated carbocycles. The van der Waals surface area contributed by atoms with Crippen molar-refractivity contribution in [1.82, 2.24) is 14.5 Å². The molecule has 0 unspecified atom stereocenters. The van der Waals surface area contributed by atoms with Crippen LogP contribution < -0.4 is 16.8 Å². The van der Waals surface area contributed by atoms with Crippen LogP contribution in [0.2, 0.25) is 0 Å². The number of anilines is 1. The van der Waals surface area contributed by atoms with Crippen LogP contribution in [-0.2, 0) is 26.1 Å². The van der Waals surface area contributed by atoms with E-state index in [0.717, 1.165) is 39.4 Å². The van der Waals surface area contributed by atoms with Gasteiger partial charge in [0.05, 0.1) is 17.8 Å². The van der Waals surface area contributed by atoms with E-state index in [1.807, 2.05) is 30.3 Å². The number of nitrogens with zero attached hydrogens (tertiary/aromatic N) is 3. The van der Waals surface area contributed by atoms with Gasteiger partial charge >= 0.3 is 6.03 Å². The Morgan fingerprint density at radius 3 is 2.62 bits per heavy atom. The number of hydrogen-bond acceptors (Lipinski definition) is 4. The van der Waals surface area contributed by atoms with Crippen molar-refractivity contribution < 1.29 is 4.79 Å². The molecule has 1 aliphatic rings. The van der Waals surface area contributed by atoms with Gasteiger partial charge in [-0.25, -0.2) is 9.78 Å². The number of pyridine rings is 1. The van der Waals surface area contributed by atoms with Gasteiger partial charge in [0.1, 0.15) is 5.82 Å². The van der Waals surface area contributed by atoms with Crippen molar-refractivity contribution in [3.63, 3.8) is 0 Å². The number of carbonyl (C=O) groups is 1. The van der Waals surface area contributed by atoms with Crippen LogP contribution in [0.5, 0.6) is 0 Å². The number of rotatable bonds is 5. The van der Waals surface area contributed by atoms with Gasteiger partial charge in [0.25, 0.3) is 0 Å². The van der Waals surface area contributed by atoms with Crippen molar-refractivity contribution in [3.05, 3.63) is 89.2 Å². The summed E-state index contributed by atoms with van der Waals surface area (Å²) in [5.41, 5.74) is 17.9. The molecule has 7 heteroatoms. The number of nitrogens with one attached hydrogen (secondary N) is 1. The van der Waals surface area contributed by atoms with Gasteiger partial charge in [0.15, 0.2) is 0 Å². The molecule has 2 aromatic heterocycles. The Kier molecular flexibility index (Phi) is 5.25. The second-order valence-electron chi connectivity index (χ2n) is 8.04. The van der Waals surface area contributed by atoms with Crippen LogP contribution in [0.25, 0.3) is 16.7 Å². The van der Waals surface area contributed by atoms with Gasteiger partial charge in [0, 0.05) is 48.0 Å². The van der Waals surface area contributed by atoms with Crippen LogP contribution in [0.15, 0.2) is 66.7 Å². The van der Waals surface area contributed by atoms with E-state index in [-0.39, 0.29) is 0 Å². The lowest BCUT2D eigenvalue weighted by Gasteiger charge is -2.29. The number of nitrogens with two attached hydrogens (primary N) is 2. The smallest absolute Gasteiger partial charge is 0.315 e. The van der Waals surface area contributed by atoms with Gasteiger partial charge in [-0.1, -0.05) is 48.5 Å². The second kappa shape index (κ2) is 8.36. The van der Waals surface area contributed by atoms with E-state index in [4.69, 9.17) is 16.5 Å². The second-order valence-corrected chi connectivity index (χ2v) is 8.04. The number of hydrogen-bond donors (Lipinski definition) is 3. The Bertz CT molecular complexity index is 1280. The molecule has 1 aliphatic heterocycles. The SMILES string of the molecule is NCc1cc2ccccc2n1-c1cc(NCc2ccccc2)c2c(n1)CN(C(N)=O)CC2. The first-order valence-corrected chi connectivity index (χ1v) is 10.8. The predicted molar refractivity (Wildman–Crippen MR) is 126 cm³/mol. The fraction of sp³-hybridized carbons (Fsp3) is 0.200. The molecular weight excluding hydrogens is 400 g/mol. The number of benzene rings is 2. The van der Waals surface area contributed by atoms with E-state index in [0.29, 0.717) is 32.6 Å². The van der Waals surface area contributed by atoms with Crippen LogP contribution in [0, 0.1) is 0 Å². The molecule has 0 aliphatic carbocycles. The lowest BCUT2D eigenvalue weighted by atomic mass is 10.0. The molecule has 7 nitrogen and oxygen atoms in total. The summed E-state index contributed by atoms with van der Waals surface area (Å²) < 4.78 is 2.10. The Balaban J connectivity index is 1.62. The van der Waals surface area contributed by atoms with E-state index < -0.39 is 6.03 Å². The molecule has 162 valence electrons. The Labute approximate surface area is 186 Å². The summed E-state index contributed by atoms with van der Waals surface area (Å²) in [7, 11) is 0. The minimum absolute atomic E-state index is 0.396. The number of amides is 2. The molecular formula is C25H26N6O. The quantitative estimate of drug-likeness (QED) is 0.454. The summed E-state index contributed by atoms with van der Waals surface area (Å²) in [5.74, 6) is 0.785. The highest BCUT2D eigenvalue weighted by Crippen LogP contribution is 2.31. The van der Waals surface area contributed by atoms with E-state index >= 15 is 0 Å². The van der Waals surface area contributed by atoms with Gasteiger partial charge in [-0.2, -0.15) is 0 Å². The van der Waals surface area contributed by atoms with Crippen molar-refractivity contribution in [2.45, 2.75) is 26.1 Å². The summed E-state index contributed by atoms with van der Waals surface area (Å²) in [5, 5.41) is 4.72. The van der Waals surface area contributed by atoms with Gasteiger partial charge in [0.2, 0.25) is 0 Å². The summed E-state index contributed by atoms with van der Waals surface area (Å²) in [6, 6.07) is 22.2. The number of para-hydroxylation sites is 1. The van der Waals surface area contributed by atoms with Crippen LogP contribution >= 0.6 is 0 Å². The number of carbonyl (C=O) groups excluding carboxylic acids is 1. The first-order chi connectivity index (χ1) is 15.6. The molecule has 0 bridgehead atoms. The molecule has 3 heterocycles. The minimum Gasteiger partial charge on any atom is -0.381 e. The fourth-order valence-corrected chi connectivity index (χ4v) is 4.41. The molecule has 5 rings (SSSR count). The van der Waals surface area contributed by atoms with Gasteiger partial charge < -0.3 is 21.7 Å². The van der Waals surface area contributed by atoms with Crippen LogP contribution in [-0.4, -0.2) is 27.0 Å². The normalized spacial score (nSPS) is 13.2. The molecule has 2 amide bonds. The van der Waals surface area contributed by atoms with Crippen LogP contribution in [0.4, 0.5) is 10.5 Å². The lowest BCUT2D eigenvalue weighted by molar-refractivity contribution is 0.201.